The van der Waals surface area contributed by atoms with Gasteiger partial charge in [0.25, 0.3) is 0 Å². The fraction of sp³-hybridized carbons (Fsp3) is 0.0833. The van der Waals surface area contributed by atoms with Crippen LogP contribution in [0.3, 0.4) is 0 Å². The molecule has 0 N–H and O–H groups in total. The van der Waals surface area contributed by atoms with Gasteiger partial charge in [-0.05, 0) is 28.1 Å². The summed E-state index contributed by atoms with van der Waals surface area (Å²) in [6, 6.07) is 10.5. The summed E-state index contributed by atoms with van der Waals surface area (Å²) in [4.78, 5) is 3.73. The molecule has 0 fully saturated rings. The number of halogens is 3. The maximum atomic E-state index is 13.9. The average Bonchev–Trinajstić information content (AvgIpc) is 2.31. The normalized spacial score (nSPS) is 11.4. The molecule has 0 aliphatic heterocycles. The molecule has 0 amide bonds. The Morgan fingerprint density at radius 3 is 2.25 bits per heavy atom. The molecule has 1 aromatic heterocycles. The minimum absolute atomic E-state index is 0.0511. The molecule has 2 aromatic rings. The maximum Gasteiger partial charge on any atom is 0.314 e. The number of rotatable bonds is 2. The quantitative estimate of drug-likeness (QED) is 0.812. The molecule has 16 heavy (non-hydrogen) atoms. The molecule has 0 bridgehead atoms. The van der Waals surface area contributed by atoms with Crippen LogP contribution in [-0.2, 0) is 5.92 Å². The molecule has 1 aromatic carbocycles. The summed E-state index contributed by atoms with van der Waals surface area (Å²) in [5.74, 6) is -3.05. The van der Waals surface area contributed by atoms with Crippen LogP contribution in [0.4, 0.5) is 8.78 Å². The van der Waals surface area contributed by atoms with E-state index in [1.165, 1.54) is 24.4 Å². The third-order valence-electron chi connectivity index (χ3n) is 2.19. The monoisotopic (exact) mass is 283 g/mol. The topological polar surface area (TPSA) is 12.9 Å². The molecular formula is C12H8BrF2N. The molecular weight excluding hydrogens is 276 g/mol. The zero-order valence-electron chi connectivity index (χ0n) is 8.20. The minimum atomic E-state index is -3.05. The van der Waals surface area contributed by atoms with Crippen molar-refractivity contribution in [2.75, 3.05) is 0 Å². The van der Waals surface area contributed by atoms with Crippen LogP contribution in [0, 0.1) is 0 Å². The standard InChI is InChI=1S/C12H8BrF2N/c13-10-6-7-11(16-8-10)12(14,15)9-4-2-1-3-5-9/h1-8H. The summed E-state index contributed by atoms with van der Waals surface area (Å²) in [6.45, 7) is 0. The number of hydrogen-bond donors (Lipinski definition) is 0. The Morgan fingerprint density at radius 2 is 1.69 bits per heavy atom. The van der Waals surface area contributed by atoms with Crippen molar-refractivity contribution < 1.29 is 8.78 Å². The second-order valence-electron chi connectivity index (χ2n) is 3.30. The molecule has 1 nitrogen and oxygen atoms in total. The Kier molecular flexibility index (Phi) is 3.01. The van der Waals surface area contributed by atoms with Gasteiger partial charge in [0.1, 0.15) is 5.69 Å². The largest absolute Gasteiger partial charge is 0.314 e. The van der Waals surface area contributed by atoms with Gasteiger partial charge in [-0.2, -0.15) is 8.78 Å². The van der Waals surface area contributed by atoms with Gasteiger partial charge in [-0.1, -0.05) is 30.3 Å². The number of hydrogen-bond acceptors (Lipinski definition) is 1. The summed E-state index contributed by atoms with van der Waals surface area (Å²) in [7, 11) is 0. The SMILES string of the molecule is FC(F)(c1ccccc1)c1ccc(Br)cn1. The van der Waals surface area contributed by atoms with Crippen LogP contribution in [0.2, 0.25) is 0 Å². The second-order valence-corrected chi connectivity index (χ2v) is 4.22. The van der Waals surface area contributed by atoms with E-state index in [1.807, 2.05) is 0 Å². The zero-order valence-corrected chi connectivity index (χ0v) is 9.79. The molecule has 0 radical (unpaired) electrons. The lowest BCUT2D eigenvalue weighted by molar-refractivity contribution is 0.0380. The molecule has 4 heteroatoms. The van der Waals surface area contributed by atoms with Gasteiger partial charge in [0.15, 0.2) is 0 Å². The molecule has 1 heterocycles. The summed E-state index contributed by atoms with van der Waals surface area (Å²) < 4.78 is 28.6. The summed E-state index contributed by atoms with van der Waals surface area (Å²) >= 11 is 3.16. The minimum Gasteiger partial charge on any atom is -0.253 e. The number of benzene rings is 1. The Labute approximate surface area is 100 Å². The highest BCUT2D eigenvalue weighted by atomic mass is 79.9. The van der Waals surface area contributed by atoms with E-state index in [2.05, 4.69) is 20.9 Å². The van der Waals surface area contributed by atoms with Gasteiger partial charge in [-0.25, -0.2) is 0 Å². The molecule has 0 saturated carbocycles. The van der Waals surface area contributed by atoms with Gasteiger partial charge in [-0.3, -0.25) is 4.98 Å². The summed E-state index contributed by atoms with van der Waals surface area (Å²) in [5.41, 5.74) is -0.299. The van der Waals surface area contributed by atoms with Crippen LogP contribution in [0.1, 0.15) is 11.3 Å². The number of nitrogens with zero attached hydrogens (tertiary/aromatic N) is 1. The van der Waals surface area contributed by atoms with Crippen molar-refractivity contribution in [3.8, 4) is 0 Å². The van der Waals surface area contributed by atoms with Crippen molar-refractivity contribution in [2.45, 2.75) is 5.92 Å². The average molecular weight is 284 g/mol. The van der Waals surface area contributed by atoms with E-state index >= 15 is 0 Å². The van der Waals surface area contributed by atoms with Crippen LogP contribution in [-0.4, -0.2) is 4.98 Å². The molecule has 0 spiro atoms. The van der Waals surface area contributed by atoms with Gasteiger partial charge >= 0.3 is 5.92 Å². The van der Waals surface area contributed by atoms with E-state index < -0.39 is 5.92 Å². The van der Waals surface area contributed by atoms with Gasteiger partial charge in [0.05, 0.1) is 0 Å². The first-order chi connectivity index (χ1) is 7.60. The molecule has 0 unspecified atom stereocenters. The van der Waals surface area contributed by atoms with Gasteiger partial charge in [0, 0.05) is 16.2 Å². The number of pyridine rings is 1. The van der Waals surface area contributed by atoms with Gasteiger partial charge in [0.2, 0.25) is 0 Å². The predicted octanol–water partition coefficient (Wildman–Crippen LogP) is 3.98. The lowest BCUT2D eigenvalue weighted by atomic mass is 10.1. The maximum absolute atomic E-state index is 13.9. The predicted molar refractivity (Wildman–Crippen MR) is 61.4 cm³/mol. The fourth-order valence-corrected chi connectivity index (χ4v) is 1.59. The third kappa shape index (κ3) is 2.11. The molecule has 82 valence electrons. The van der Waals surface area contributed by atoms with E-state index in [1.54, 1.807) is 24.3 Å². The van der Waals surface area contributed by atoms with Crippen molar-refractivity contribution >= 4 is 15.9 Å². The van der Waals surface area contributed by atoms with E-state index in [0.29, 0.717) is 4.47 Å². The Morgan fingerprint density at radius 1 is 1.00 bits per heavy atom. The Balaban J connectivity index is 2.43. The first-order valence-electron chi connectivity index (χ1n) is 4.66. The lowest BCUT2D eigenvalue weighted by Gasteiger charge is -2.15. The molecule has 0 saturated heterocycles. The van der Waals surface area contributed by atoms with Crippen molar-refractivity contribution in [3.05, 3.63) is 64.4 Å². The molecule has 0 aliphatic rings. The van der Waals surface area contributed by atoms with E-state index in [4.69, 9.17) is 0 Å². The first kappa shape index (κ1) is 11.2. The summed E-state index contributed by atoms with van der Waals surface area (Å²) in [5, 5.41) is 0. The van der Waals surface area contributed by atoms with E-state index in [9.17, 15) is 8.78 Å². The van der Waals surface area contributed by atoms with Crippen molar-refractivity contribution in [3.63, 3.8) is 0 Å². The second kappa shape index (κ2) is 4.29. The molecule has 0 aliphatic carbocycles. The smallest absolute Gasteiger partial charge is 0.253 e. The Hall–Kier alpha value is -1.29. The zero-order chi connectivity index (χ0) is 11.6. The van der Waals surface area contributed by atoms with Crippen LogP contribution in [0.15, 0.2) is 53.1 Å². The van der Waals surface area contributed by atoms with Crippen LogP contribution in [0.25, 0.3) is 0 Å². The van der Waals surface area contributed by atoms with E-state index in [-0.39, 0.29) is 11.3 Å². The van der Waals surface area contributed by atoms with Crippen LogP contribution in [0.5, 0.6) is 0 Å². The Bertz CT molecular complexity index is 468. The van der Waals surface area contributed by atoms with Crippen molar-refractivity contribution in [1.29, 1.82) is 0 Å². The highest BCUT2D eigenvalue weighted by Crippen LogP contribution is 2.34. The van der Waals surface area contributed by atoms with Gasteiger partial charge in [-0.15, -0.1) is 0 Å². The lowest BCUT2D eigenvalue weighted by Crippen LogP contribution is -2.16. The van der Waals surface area contributed by atoms with Crippen LogP contribution < -0.4 is 0 Å². The number of alkyl halides is 2. The highest BCUT2D eigenvalue weighted by molar-refractivity contribution is 9.10. The van der Waals surface area contributed by atoms with Crippen LogP contribution >= 0.6 is 15.9 Å². The van der Waals surface area contributed by atoms with Gasteiger partial charge < -0.3 is 0 Å². The fourth-order valence-electron chi connectivity index (χ4n) is 1.36. The highest BCUT2D eigenvalue weighted by Gasteiger charge is 2.35. The van der Waals surface area contributed by atoms with E-state index in [0.717, 1.165) is 0 Å². The molecule has 0 atom stereocenters. The van der Waals surface area contributed by atoms with Crippen molar-refractivity contribution in [1.82, 2.24) is 4.98 Å². The molecule has 2 rings (SSSR count). The van der Waals surface area contributed by atoms with Crippen molar-refractivity contribution in [2.24, 2.45) is 0 Å². The number of aromatic nitrogens is 1. The summed E-state index contributed by atoms with van der Waals surface area (Å²) in [6.07, 6.45) is 1.37. The third-order valence-corrected chi connectivity index (χ3v) is 2.65. The first-order valence-corrected chi connectivity index (χ1v) is 5.45.